The maximum atomic E-state index is 5.93. The van der Waals surface area contributed by atoms with Gasteiger partial charge in [0.15, 0.2) is 0 Å². The Labute approximate surface area is 106 Å². The highest BCUT2D eigenvalue weighted by Gasteiger charge is 2.30. The van der Waals surface area contributed by atoms with Gasteiger partial charge in [-0.3, -0.25) is 0 Å². The molecule has 0 aliphatic heterocycles. The molecule has 1 N–H and O–H groups in total. The van der Waals surface area contributed by atoms with Crippen molar-refractivity contribution in [3.63, 3.8) is 0 Å². The first-order valence-corrected chi connectivity index (χ1v) is 6.64. The van der Waals surface area contributed by atoms with Crippen molar-refractivity contribution in [3.8, 4) is 5.75 Å². The highest BCUT2D eigenvalue weighted by molar-refractivity contribution is 9.10. The van der Waals surface area contributed by atoms with E-state index in [0.29, 0.717) is 12.1 Å². The molecule has 1 fully saturated rings. The third-order valence-electron chi connectivity index (χ3n) is 2.97. The largest absolute Gasteiger partial charge is 0.489 e. The first-order chi connectivity index (χ1) is 7.69. The topological polar surface area (TPSA) is 21.3 Å². The van der Waals surface area contributed by atoms with Crippen LogP contribution in [0.3, 0.4) is 0 Å². The van der Waals surface area contributed by atoms with Gasteiger partial charge in [0, 0.05) is 6.04 Å². The molecule has 0 heterocycles. The molecule has 88 valence electrons. The highest BCUT2D eigenvalue weighted by Crippen LogP contribution is 2.31. The lowest BCUT2D eigenvalue weighted by atomic mass is 9.89. The highest BCUT2D eigenvalue weighted by atomic mass is 79.9. The van der Waals surface area contributed by atoms with Crippen LogP contribution in [0.2, 0.25) is 0 Å². The summed E-state index contributed by atoms with van der Waals surface area (Å²) in [6.45, 7) is 5.27. The number of rotatable bonds is 4. The fourth-order valence-corrected chi connectivity index (χ4v) is 2.58. The number of hydrogen-bond acceptors (Lipinski definition) is 2. The summed E-state index contributed by atoms with van der Waals surface area (Å²) in [5, 5.41) is 3.43. The van der Waals surface area contributed by atoms with Gasteiger partial charge in [-0.05, 0) is 59.9 Å². The Bertz CT molecular complexity index is 361. The molecule has 0 saturated heterocycles. The lowest BCUT2D eigenvalue weighted by Crippen LogP contribution is -2.46. The van der Waals surface area contributed by atoms with E-state index in [-0.39, 0.29) is 0 Å². The molecule has 0 amide bonds. The Balaban J connectivity index is 1.87. The lowest BCUT2D eigenvalue weighted by Gasteiger charge is -2.36. The minimum atomic E-state index is 0.378. The van der Waals surface area contributed by atoms with E-state index in [1.54, 1.807) is 0 Å². The smallest absolute Gasteiger partial charge is 0.133 e. The number of ether oxygens (including phenoxy) is 1. The van der Waals surface area contributed by atoms with Crippen LogP contribution in [-0.2, 0) is 0 Å². The van der Waals surface area contributed by atoms with Crippen LogP contribution in [0.25, 0.3) is 0 Å². The fraction of sp³-hybridized carbons (Fsp3) is 0.538. The molecular formula is C13H18BrNO. The molecule has 0 radical (unpaired) electrons. The van der Waals surface area contributed by atoms with Gasteiger partial charge >= 0.3 is 0 Å². The maximum absolute atomic E-state index is 5.93. The van der Waals surface area contributed by atoms with E-state index in [4.69, 9.17) is 4.74 Å². The molecule has 16 heavy (non-hydrogen) atoms. The maximum Gasteiger partial charge on any atom is 0.133 e. The van der Waals surface area contributed by atoms with Gasteiger partial charge in [-0.25, -0.2) is 0 Å². The van der Waals surface area contributed by atoms with E-state index in [0.717, 1.165) is 29.6 Å². The molecule has 0 unspecified atom stereocenters. The van der Waals surface area contributed by atoms with Gasteiger partial charge in [-0.15, -0.1) is 0 Å². The molecule has 0 aromatic heterocycles. The quantitative estimate of drug-likeness (QED) is 0.916. The predicted molar refractivity (Wildman–Crippen MR) is 70.0 cm³/mol. The van der Waals surface area contributed by atoms with Gasteiger partial charge in [0.05, 0.1) is 4.47 Å². The zero-order valence-electron chi connectivity index (χ0n) is 9.79. The van der Waals surface area contributed by atoms with Crippen LogP contribution in [0.15, 0.2) is 22.7 Å². The summed E-state index contributed by atoms with van der Waals surface area (Å²) in [4.78, 5) is 0. The first kappa shape index (κ1) is 11.9. The monoisotopic (exact) mass is 283 g/mol. The molecule has 1 aliphatic rings. The van der Waals surface area contributed by atoms with E-state index in [9.17, 15) is 0 Å². The van der Waals surface area contributed by atoms with Crippen molar-refractivity contribution in [1.29, 1.82) is 0 Å². The molecule has 2 rings (SSSR count). The fourth-order valence-electron chi connectivity index (χ4n) is 2.00. The summed E-state index contributed by atoms with van der Waals surface area (Å²) in [5.41, 5.74) is 1.25. The number of benzene rings is 1. The summed E-state index contributed by atoms with van der Waals surface area (Å²) in [6, 6.07) is 6.87. The van der Waals surface area contributed by atoms with E-state index >= 15 is 0 Å². The lowest BCUT2D eigenvalue weighted by molar-refractivity contribution is 0.0852. The van der Waals surface area contributed by atoms with Crippen LogP contribution >= 0.6 is 15.9 Å². The van der Waals surface area contributed by atoms with Crippen LogP contribution in [0.5, 0.6) is 5.75 Å². The Hall–Kier alpha value is -0.540. The standard InChI is InChI=1S/C13H18BrNO/c1-3-15-10-7-11(8-10)16-13-5-4-9(2)6-12(13)14/h4-6,10-11,15H,3,7-8H2,1-2H3. The SMILES string of the molecule is CCNC1CC(Oc2ccc(C)cc2Br)C1. The van der Waals surface area contributed by atoms with Gasteiger partial charge in [-0.2, -0.15) is 0 Å². The number of hydrogen-bond donors (Lipinski definition) is 1. The molecule has 1 aromatic carbocycles. The van der Waals surface area contributed by atoms with Crippen LogP contribution in [0.1, 0.15) is 25.3 Å². The third-order valence-corrected chi connectivity index (χ3v) is 3.59. The van der Waals surface area contributed by atoms with Crippen molar-refractivity contribution in [2.24, 2.45) is 0 Å². The van der Waals surface area contributed by atoms with Crippen molar-refractivity contribution in [2.75, 3.05) is 6.54 Å². The van der Waals surface area contributed by atoms with Crippen LogP contribution in [-0.4, -0.2) is 18.7 Å². The number of nitrogens with one attached hydrogen (secondary N) is 1. The van der Waals surface area contributed by atoms with Gasteiger partial charge in [0.1, 0.15) is 11.9 Å². The Morgan fingerprint density at radius 2 is 2.19 bits per heavy atom. The van der Waals surface area contributed by atoms with E-state index < -0.39 is 0 Å². The first-order valence-electron chi connectivity index (χ1n) is 5.85. The molecule has 1 aliphatic carbocycles. The zero-order chi connectivity index (χ0) is 11.5. The number of aryl methyl sites for hydroxylation is 1. The van der Waals surface area contributed by atoms with Crippen LogP contribution in [0, 0.1) is 6.92 Å². The summed E-state index contributed by atoms with van der Waals surface area (Å²) >= 11 is 3.53. The minimum Gasteiger partial charge on any atom is -0.489 e. The summed E-state index contributed by atoms with van der Waals surface area (Å²) in [5.74, 6) is 0.963. The predicted octanol–water partition coefficient (Wildman–Crippen LogP) is 3.28. The molecule has 1 aromatic rings. The molecule has 0 spiro atoms. The average Bonchev–Trinajstić information content (AvgIpc) is 2.18. The van der Waals surface area contributed by atoms with Gasteiger partial charge in [0.2, 0.25) is 0 Å². The minimum absolute atomic E-state index is 0.378. The van der Waals surface area contributed by atoms with E-state index in [1.807, 2.05) is 6.07 Å². The normalized spacial score (nSPS) is 23.9. The van der Waals surface area contributed by atoms with Gasteiger partial charge in [-0.1, -0.05) is 13.0 Å². The second-order valence-electron chi connectivity index (χ2n) is 4.40. The van der Waals surface area contributed by atoms with Crippen molar-refractivity contribution in [3.05, 3.63) is 28.2 Å². The second kappa shape index (κ2) is 5.19. The summed E-state index contributed by atoms with van der Waals surface area (Å²) in [6.07, 6.45) is 2.62. The van der Waals surface area contributed by atoms with Gasteiger partial charge < -0.3 is 10.1 Å². The van der Waals surface area contributed by atoms with Crippen LogP contribution in [0.4, 0.5) is 0 Å². The van der Waals surface area contributed by atoms with E-state index in [1.165, 1.54) is 5.56 Å². The molecule has 3 heteroatoms. The number of halogens is 1. The Morgan fingerprint density at radius 3 is 2.81 bits per heavy atom. The molecular weight excluding hydrogens is 266 g/mol. The van der Waals surface area contributed by atoms with Crippen molar-refractivity contribution >= 4 is 15.9 Å². The summed E-state index contributed by atoms with van der Waals surface area (Å²) < 4.78 is 6.98. The van der Waals surface area contributed by atoms with Crippen molar-refractivity contribution < 1.29 is 4.74 Å². The summed E-state index contributed by atoms with van der Waals surface area (Å²) in [7, 11) is 0. The zero-order valence-corrected chi connectivity index (χ0v) is 11.4. The molecule has 2 nitrogen and oxygen atoms in total. The second-order valence-corrected chi connectivity index (χ2v) is 5.25. The average molecular weight is 284 g/mol. The Kier molecular flexibility index (Phi) is 3.87. The van der Waals surface area contributed by atoms with Crippen molar-refractivity contribution in [2.45, 2.75) is 38.8 Å². The molecule has 0 atom stereocenters. The molecule has 1 saturated carbocycles. The van der Waals surface area contributed by atoms with Crippen molar-refractivity contribution in [1.82, 2.24) is 5.32 Å². The Morgan fingerprint density at radius 1 is 1.44 bits per heavy atom. The van der Waals surface area contributed by atoms with E-state index in [2.05, 4.69) is 47.2 Å². The third kappa shape index (κ3) is 2.77. The molecule has 0 bridgehead atoms. The van der Waals surface area contributed by atoms with Gasteiger partial charge in [0.25, 0.3) is 0 Å². The van der Waals surface area contributed by atoms with Crippen LogP contribution < -0.4 is 10.1 Å².